The van der Waals surface area contributed by atoms with Gasteiger partial charge in [-0.2, -0.15) is 0 Å². The van der Waals surface area contributed by atoms with Crippen LogP contribution in [-0.2, 0) is 5.41 Å². The fraction of sp³-hybridized carbons (Fsp3) is 0.625. The van der Waals surface area contributed by atoms with Gasteiger partial charge < -0.3 is 15.8 Å². The first kappa shape index (κ1) is 16.0. The Bertz CT molecular complexity index is 360. The molecule has 1 unspecified atom stereocenters. The van der Waals surface area contributed by atoms with Crippen molar-refractivity contribution < 1.29 is 4.74 Å². The van der Waals surface area contributed by atoms with E-state index in [-0.39, 0.29) is 5.41 Å². The van der Waals surface area contributed by atoms with E-state index in [2.05, 4.69) is 38.2 Å². The number of ether oxygens (including phenoxy) is 1. The second-order valence-electron chi connectivity index (χ2n) is 5.92. The molecule has 1 aromatic rings. The van der Waals surface area contributed by atoms with Gasteiger partial charge in [-0.15, -0.1) is 0 Å². The lowest BCUT2D eigenvalue weighted by atomic mass is 9.84. The summed E-state index contributed by atoms with van der Waals surface area (Å²) in [6.45, 7) is 9.47. The smallest absolute Gasteiger partial charge is 0.118 e. The summed E-state index contributed by atoms with van der Waals surface area (Å²) in [5, 5.41) is 3.53. The van der Waals surface area contributed by atoms with Crippen LogP contribution in [0.15, 0.2) is 24.3 Å². The molecule has 3 heteroatoms. The molecule has 0 aliphatic heterocycles. The third kappa shape index (κ3) is 5.21. The Balaban J connectivity index is 2.45. The minimum atomic E-state index is 0.123. The fourth-order valence-electron chi connectivity index (χ4n) is 2.01. The van der Waals surface area contributed by atoms with Crippen LogP contribution < -0.4 is 15.8 Å². The van der Waals surface area contributed by atoms with Crippen molar-refractivity contribution in [2.45, 2.75) is 32.6 Å². The summed E-state index contributed by atoms with van der Waals surface area (Å²) in [7, 11) is 1.69. The molecule has 0 bridgehead atoms. The van der Waals surface area contributed by atoms with Crippen LogP contribution in [0.2, 0.25) is 0 Å². The minimum absolute atomic E-state index is 0.123. The van der Waals surface area contributed by atoms with Crippen molar-refractivity contribution in [3.05, 3.63) is 29.8 Å². The van der Waals surface area contributed by atoms with E-state index in [4.69, 9.17) is 10.5 Å². The van der Waals surface area contributed by atoms with Crippen molar-refractivity contribution in [2.75, 3.05) is 26.7 Å². The Morgan fingerprint density at radius 3 is 2.42 bits per heavy atom. The number of hydrogen-bond donors (Lipinski definition) is 2. The zero-order chi connectivity index (χ0) is 14.3. The largest absolute Gasteiger partial charge is 0.497 e. The number of methoxy groups -OCH3 is 1. The Kier molecular flexibility index (Phi) is 6.32. The van der Waals surface area contributed by atoms with E-state index in [9.17, 15) is 0 Å². The van der Waals surface area contributed by atoms with Gasteiger partial charge in [0.1, 0.15) is 5.75 Å². The van der Waals surface area contributed by atoms with E-state index in [1.807, 2.05) is 12.1 Å². The molecule has 0 spiro atoms. The predicted molar refractivity (Wildman–Crippen MR) is 81.7 cm³/mol. The first-order valence-electron chi connectivity index (χ1n) is 7.05. The topological polar surface area (TPSA) is 47.3 Å². The maximum Gasteiger partial charge on any atom is 0.118 e. The second kappa shape index (κ2) is 7.51. The first-order chi connectivity index (χ1) is 8.99. The molecule has 3 nitrogen and oxygen atoms in total. The van der Waals surface area contributed by atoms with Crippen LogP contribution in [0.3, 0.4) is 0 Å². The van der Waals surface area contributed by atoms with Gasteiger partial charge in [-0.25, -0.2) is 0 Å². The molecular formula is C16H28N2O. The molecule has 0 aliphatic rings. The molecule has 0 heterocycles. The lowest BCUT2D eigenvalue weighted by Gasteiger charge is -2.26. The van der Waals surface area contributed by atoms with Crippen molar-refractivity contribution in [3.8, 4) is 5.75 Å². The van der Waals surface area contributed by atoms with Crippen LogP contribution >= 0.6 is 0 Å². The van der Waals surface area contributed by atoms with E-state index in [0.29, 0.717) is 5.92 Å². The molecule has 0 aromatic heterocycles. The molecule has 108 valence electrons. The van der Waals surface area contributed by atoms with Gasteiger partial charge in [-0.1, -0.05) is 32.9 Å². The second-order valence-corrected chi connectivity index (χ2v) is 5.92. The summed E-state index contributed by atoms with van der Waals surface area (Å²) < 4.78 is 5.19. The zero-order valence-corrected chi connectivity index (χ0v) is 12.7. The Labute approximate surface area is 117 Å². The van der Waals surface area contributed by atoms with Gasteiger partial charge in [0.05, 0.1) is 7.11 Å². The summed E-state index contributed by atoms with van der Waals surface area (Å²) in [5.41, 5.74) is 7.07. The average molecular weight is 264 g/mol. The van der Waals surface area contributed by atoms with E-state index in [1.54, 1.807) is 7.11 Å². The SMILES string of the molecule is COc1ccc(C(C)(C)CNCCC(C)CN)cc1. The van der Waals surface area contributed by atoms with E-state index >= 15 is 0 Å². The van der Waals surface area contributed by atoms with Crippen LogP contribution in [-0.4, -0.2) is 26.7 Å². The highest BCUT2D eigenvalue weighted by Gasteiger charge is 2.19. The summed E-state index contributed by atoms with van der Waals surface area (Å²) >= 11 is 0. The predicted octanol–water partition coefficient (Wildman–Crippen LogP) is 2.55. The molecule has 0 saturated heterocycles. The summed E-state index contributed by atoms with van der Waals surface area (Å²) in [4.78, 5) is 0. The van der Waals surface area contributed by atoms with Gasteiger partial charge >= 0.3 is 0 Å². The summed E-state index contributed by atoms with van der Waals surface area (Å²) in [6.07, 6.45) is 1.13. The van der Waals surface area contributed by atoms with Gasteiger partial charge in [-0.3, -0.25) is 0 Å². The van der Waals surface area contributed by atoms with Crippen LogP contribution in [0.4, 0.5) is 0 Å². The third-order valence-corrected chi connectivity index (χ3v) is 3.65. The Morgan fingerprint density at radius 2 is 1.89 bits per heavy atom. The summed E-state index contributed by atoms with van der Waals surface area (Å²) in [5.74, 6) is 1.50. The highest BCUT2D eigenvalue weighted by atomic mass is 16.5. The molecule has 1 atom stereocenters. The van der Waals surface area contributed by atoms with E-state index in [1.165, 1.54) is 5.56 Å². The van der Waals surface area contributed by atoms with Crippen LogP contribution in [0.5, 0.6) is 5.75 Å². The Morgan fingerprint density at radius 1 is 1.26 bits per heavy atom. The first-order valence-corrected chi connectivity index (χ1v) is 7.05. The standard InChI is InChI=1S/C16H28N2O/c1-13(11-17)9-10-18-12-16(2,3)14-5-7-15(19-4)8-6-14/h5-8,13,18H,9-12,17H2,1-4H3. The monoisotopic (exact) mass is 264 g/mol. The number of nitrogens with two attached hydrogens (primary N) is 1. The lowest BCUT2D eigenvalue weighted by Crippen LogP contribution is -2.34. The van der Waals surface area contributed by atoms with Crippen molar-refractivity contribution in [3.63, 3.8) is 0 Å². The van der Waals surface area contributed by atoms with Crippen molar-refractivity contribution in [1.29, 1.82) is 0 Å². The molecular weight excluding hydrogens is 236 g/mol. The molecule has 0 saturated carbocycles. The molecule has 0 amide bonds. The lowest BCUT2D eigenvalue weighted by molar-refractivity contribution is 0.412. The summed E-state index contributed by atoms with van der Waals surface area (Å²) in [6, 6.07) is 8.33. The zero-order valence-electron chi connectivity index (χ0n) is 12.7. The highest BCUT2D eigenvalue weighted by Crippen LogP contribution is 2.24. The molecule has 19 heavy (non-hydrogen) atoms. The number of nitrogens with one attached hydrogen (secondary N) is 1. The van der Waals surface area contributed by atoms with Gasteiger partial charge in [-0.05, 0) is 43.1 Å². The number of benzene rings is 1. The average Bonchev–Trinajstić information content (AvgIpc) is 2.43. The Hall–Kier alpha value is -1.06. The molecule has 0 radical (unpaired) electrons. The fourth-order valence-corrected chi connectivity index (χ4v) is 2.01. The molecule has 1 rings (SSSR count). The molecule has 3 N–H and O–H groups in total. The van der Waals surface area contributed by atoms with Crippen LogP contribution in [0, 0.1) is 5.92 Å². The van der Waals surface area contributed by atoms with Gasteiger partial charge in [0.2, 0.25) is 0 Å². The maximum absolute atomic E-state index is 5.62. The molecule has 1 aromatic carbocycles. The quantitative estimate of drug-likeness (QED) is 0.709. The van der Waals surface area contributed by atoms with E-state index in [0.717, 1.165) is 31.8 Å². The number of rotatable bonds is 8. The normalized spacial score (nSPS) is 13.3. The molecule has 0 aliphatic carbocycles. The number of hydrogen-bond acceptors (Lipinski definition) is 3. The van der Waals surface area contributed by atoms with E-state index < -0.39 is 0 Å². The van der Waals surface area contributed by atoms with Crippen LogP contribution in [0.25, 0.3) is 0 Å². The van der Waals surface area contributed by atoms with Gasteiger partial charge in [0.15, 0.2) is 0 Å². The van der Waals surface area contributed by atoms with Crippen molar-refractivity contribution >= 4 is 0 Å². The van der Waals surface area contributed by atoms with Gasteiger partial charge in [0.25, 0.3) is 0 Å². The third-order valence-electron chi connectivity index (χ3n) is 3.65. The van der Waals surface area contributed by atoms with Crippen molar-refractivity contribution in [2.24, 2.45) is 11.7 Å². The van der Waals surface area contributed by atoms with Gasteiger partial charge in [0, 0.05) is 12.0 Å². The maximum atomic E-state index is 5.62. The molecule has 0 fully saturated rings. The highest BCUT2D eigenvalue weighted by molar-refractivity contribution is 5.31. The van der Waals surface area contributed by atoms with Crippen LogP contribution in [0.1, 0.15) is 32.8 Å². The van der Waals surface area contributed by atoms with Crippen molar-refractivity contribution in [1.82, 2.24) is 5.32 Å². The minimum Gasteiger partial charge on any atom is -0.497 e.